The molecule has 1 saturated heterocycles. The van der Waals surface area contributed by atoms with E-state index in [0.717, 1.165) is 61.3 Å². The Balaban J connectivity index is 0.00000218. The second kappa shape index (κ2) is 8.32. The van der Waals surface area contributed by atoms with Crippen molar-refractivity contribution in [1.82, 2.24) is 9.47 Å². The molecule has 1 unspecified atom stereocenters. The van der Waals surface area contributed by atoms with Crippen molar-refractivity contribution >= 4 is 35.0 Å². The first-order valence-electron chi connectivity index (χ1n) is 10.5. The van der Waals surface area contributed by atoms with Crippen LogP contribution in [0.25, 0.3) is 10.9 Å². The smallest absolute Gasteiger partial charge is 0.340 e. The first kappa shape index (κ1) is 20.8. The Morgan fingerprint density at radius 2 is 1.87 bits per heavy atom. The second-order valence-electron chi connectivity index (χ2n) is 7.99. The van der Waals surface area contributed by atoms with E-state index in [9.17, 15) is 4.79 Å². The number of ether oxygens (including phenoxy) is 1. The van der Waals surface area contributed by atoms with Crippen molar-refractivity contribution in [2.45, 2.75) is 25.9 Å². The number of benzene rings is 2. The predicted octanol–water partition coefficient (Wildman–Crippen LogP) is 4.48. The lowest BCUT2D eigenvalue weighted by Crippen LogP contribution is -2.49. The number of fused-ring (bicyclic) bond motifs is 7. The normalized spacial score (nSPS) is 18.1. The van der Waals surface area contributed by atoms with Crippen LogP contribution in [0.5, 0.6) is 0 Å². The summed E-state index contributed by atoms with van der Waals surface area (Å²) in [6, 6.07) is 17.0. The molecule has 5 rings (SSSR count). The van der Waals surface area contributed by atoms with E-state index >= 15 is 0 Å². The fourth-order valence-electron chi connectivity index (χ4n) is 5.13. The quantitative estimate of drug-likeness (QED) is 0.579. The lowest BCUT2D eigenvalue weighted by molar-refractivity contribution is 0.0600. The molecule has 6 heteroatoms. The number of carbonyl (C=O) groups excluding carboxylic acids is 1. The van der Waals surface area contributed by atoms with E-state index in [1.165, 1.54) is 18.4 Å². The van der Waals surface area contributed by atoms with Crippen molar-refractivity contribution in [2.24, 2.45) is 0 Å². The maximum atomic E-state index is 13.0. The fraction of sp³-hybridized carbons (Fsp3) is 0.375. The van der Waals surface area contributed by atoms with Gasteiger partial charge < -0.3 is 14.2 Å². The highest BCUT2D eigenvalue weighted by Gasteiger charge is 2.38. The number of nitrogens with zero attached hydrogens (tertiary/aromatic N) is 3. The molecular formula is C24H28ClN3O2. The molecule has 0 aliphatic carbocycles. The number of piperazine rings is 1. The van der Waals surface area contributed by atoms with E-state index < -0.39 is 0 Å². The largest absolute Gasteiger partial charge is 0.465 e. The maximum Gasteiger partial charge on any atom is 0.340 e. The molecule has 0 spiro atoms. The number of carbonyl (C=O) groups is 1. The summed E-state index contributed by atoms with van der Waals surface area (Å²) in [5.41, 5.74) is 5.51. The summed E-state index contributed by atoms with van der Waals surface area (Å²) in [7, 11) is 1.48. The van der Waals surface area contributed by atoms with E-state index in [1.54, 1.807) is 0 Å². The van der Waals surface area contributed by atoms with Gasteiger partial charge in [-0.2, -0.15) is 0 Å². The predicted molar refractivity (Wildman–Crippen MR) is 123 cm³/mol. The van der Waals surface area contributed by atoms with Crippen LogP contribution in [0.4, 0.5) is 5.69 Å². The van der Waals surface area contributed by atoms with Crippen molar-refractivity contribution in [1.29, 1.82) is 0 Å². The first-order valence-corrected chi connectivity index (χ1v) is 10.5. The molecule has 0 N–H and O–H groups in total. The van der Waals surface area contributed by atoms with Gasteiger partial charge in [-0.3, -0.25) is 4.90 Å². The average molecular weight is 426 g/mol. The minimum absolute atomic E-state index is 0. The van der Waals surface area contributed by atoms with Crippen LogP contribution < -0.4 is 4.90 Å². The zero-order valence-corrected chi connectivity index (χ0v) is 18.3. The number of methoxy groups -OCH3 is 1. The van der Waals surface area contributed by atoms with E-state index in [0.29, 0.717) is 0 Å². The molecule has 30 heavy (non-hydrogen) atoms. The van der Waals surface area contributed by atoms with Crippen LogP contribution in [0.1, 0.15) is 41.0 Å². The Hall–Kier alpha value is -2.50. The zero-order chi connectivity index (χ0) is 20.0. The molecule has 0 bridgehead atoms. The third kappa shape index (κ3) is 3.17. The molecule has 2 aliphatic rings. The third-order valence-electron chi connectivity index (χ3n) is 6.35. The molecule has 3 aromatic rings. The molecular weight excluding hydrogens is 398 g/mol. The van der Waals surface area contributed by atoms with Crippen LogP contribution in [-0.4, -0.2) is 48.7 Å². The van der Waals surface area contributed by atoms with Gasteiger partial charge in [0.2, 0.25) is 0 Å². The average Bonchev–Trinajstić information content (AvgIpc) is 3.00. The molecule has 0 radical (unpaired) electrons. The Labute approximate surface area is 183 Å². The van der Waals surface area contributed by atoms with Gasteiger partial charge in [0.15, 0.2) is 0 Å². The van der Waals surface area contributed by atoms with Gasteiger partial charge in [0.1, 0.15) is 0 Å². The van der Waals surface area contributed by atoms with Gasteiger partial charge in [0.05, 0.1) is 24.4 Å². The molecule has 1 aromatic heterocycles. The number of para-hydroxylation sites is 2. The van der Waals surface area contributed by atoms with Crippen LogP contribution in [0.15, 0.2) is 48.5 Å². The van der Waals surface area contributed by atoms with Crippen LogP contribution in [0.2, 0.25) is 0 Å². The molecule has 158 valence electrons. The molecule has 5 nitrogen and oxygen atoms in total. The van der Waals surface area contributed by atoms with E-state index in [4.69, 9.17) is 4.74 Å². The SMILES string of the molecule is CCCN1CCN2c3ccccc3Cn3c(c(C(=O)OC)c4ccccc43)C2C1.Cl. The molecule has 1 atom stereocenters. The van der Waals surface area contributed by atoms with Crippen molar-refractivity contribution in [3.05, 3.63) is 65.4 Å². The van der Waals surface area contributed by atoms with Gasteiger partial charge in [-0.25, -0.2) is 4.79 Å². The van der Waals surface area contributed by atoms with Crippen LogP contribution in [0.3, 0.4) is 0 Å². The topological polar surface area (TPSA) is 37.7 Å². The Bertz CT molecular complexity index is 1080. The number of anilines is 1. The molecule has 1 fully saturated rings. The van der Waals surface area contributed by atoms with Crippen molar-refractivity contribution in [3.8, 4) is 0 Å². The highest BCUT2D eigenvalue weighted by atomic mass is 35.5. The number of hydrogen-bond acceptors (Lipinski definition) is 4. The number of esters is 1. The van der Waals surface area contributed by atoms with Gasteiger partial charge >= 0.3 is 5.97 Å². The molecule has 2 aromatic carbocycles. The standard InChI is InChI=1S/C24H27N3O2.ClH/c1-3-12-25-13-14-26-19-10-6-4-8-17(19)15-27-20-11-7-5-9-18(20)22(24(28)29-2)23(27)21(26)16-25;/h4-11,21H,3,12-16H2,1-2H3;1H. The van der Waals surface area contributed by atoms with Gasteiger partial charge in [-0.1, -0.05) is 43.3 Å². The van der Waals surface area contributed by atoms with Crippen molar-refractivity contribution in [3.63, 3.8) is 0 Å². The Morgan fingerprint density at radius 3 is 2.67 bits per heavy atom. The minimum atomic E-state index is -0.242. The van der Waals surface area contributed by atoms with Gasteiger partial charge in [-0.15, -0.1) is 12.4 Å². The number of aromatic nitrogens is 1. The van der Waals surface area contributed by atoms with Gasteiger partial charge in [-0.05, 0) is 30.7 Å². The summed E-state index contributed by atoms with van der Waals surface area (Å²) >= 11 is 0. The highest BCUT2D eigenvalue weighted by molar-refractivity contribution is 6.06. The summed E-state index contributed by atoms with van der Waals surface area (Å²) in [4.78, 5) is 18.0. The van der Waals surface area contributed by atoms with E-state index in [1.807, 2.05) is 12.1 Å². The van der Waals surface area contributed by atoms with E-state index in [2.05, 4.69) is 57.7 Å². The first-order chi connectivity index (χ1) is 14.2. The summed E-state index contributed by atoms with van der Waals surface area (Å²) in [5.74, 6) is -0.242. The van der Waals surface area contributed by atoms with Crippen molar-refractivity contribution < 1.29 is 9.53 Å². The Morgan fingerprint density at radius 1 is 1.10 bits per heavy atom. The third-order valence-corrected chi connectivity index (χ3v) is 6.35. The van der Waals surface area contributed by atoms with Crippen LogP contribution in [-0.2, 0) is 11.3 Å². The molecule has 0 saturated carbocycles. The summed E-state index contributed by atoms with van der Waals surface area (Å²) in [5, 5.41) is 0.987. The summed E-state index contributed by atoms with van der Waals surface area (Å²) in [6.07, 6.45) is 1.14. The van der Waals surface area contributed by atoms with E-state index in [-0.39, 0.29) is 24.4 Å². The summed E-state index contributed by atoms with van der Waals surface area (Å²) < 4.78 is 7.60. The van der Waals surface area contributed by atoms with Crippen molar-refractivity contribution in [2.75, 3.05) is 38.2 Å². The Kier molecular flexibility index (Phi) is 5.76. The lowest BCUT2D eigenvalue weighted by atomic mass is 10.0. The highest BCUT2D eigenvalue weighted by Crippen LogP contribution is 2.42. The monoisotopic (exact) mass is 425 g/mol. The van der Waals surface area contributed by atoms with Gasteiger partial charge in [0, 0.05) is 42.8 Å². The minimum Gasteiger partial charge on any atom is -0.465 e. The second-order valence-corrected chi connectivity index (χ2v) is 7.99. The van der Waals surface area contributed by atoms with Gasteiger partial charge in [0.25, 0.3) is 0 Å². The van der Waals surface area contributed by atoms with Crippen LogP contribution in [0, 0.1) is 0 Å². The zero-order valence-electron chi connectivity index (χ0n) is 17.5. The summed E-state index contributed by atoms with van der Waals surface area (Å²) in [6.45, 7) is 7.01. The lowest BCUT2D eigenvalue weighted by Gasteiger charge is -2.42. The molecule has 0 amide bonds. The fourth-order valence-corrected chi connectivity index (χ4v) is 5.13. The molecule has 2 aliphatic heterocycles. The maximum absolute atomic E-state index is 13.0. The van der Waals surface area contributed by atoms with Crippen LogP contribution >= 0.6 is 12.4 Å². The molecule has 3 heterocycles. The number of rotatable bonds is 3. The number of hydrogen-bond donors (Lipinski definition) is 0. The number of halogens is 1.